The Labute approximate surface area is 120 Å². The lowest BCUT2D eigenvalue weighted by Gasteiger charge is -2.09. The fraction of sp³-hybridized carbons (Fsp3) is 0.562. The SMILES string of the molecule is CC(CCl)CCCNC(=O)c1ccc2c(c1)CCC2. The van der Waals surface area contributed by atoms with Crippen LogP contribution in [0.1, 0.15) is 47.7 Å². The summed E-state index contributed by atoms with van der Waals surface area (Å²) >= 11 is 5.76. The highest BCUT2D eigenvalue weighted by molar-refractivity contribution is 6.18. The van der Waals surface area contributed by atoms with E-state index in [0.29, 0.717) is 11.8 Å². The predicted octanol–water partition coefficient (Wildman–Crippen LogP) is 3.56. The van der Waals surface area contributed by atoms with Crippen LogP contribution >= 0.6 is 11.6 Å². The smallest absolute Gasteiger partial charge is 0.251 e. The second-order valence-corrected chi connectivity index (χ2v) is 5.80. The molecule has 19 heavy (non-hydrogen) atoms. The summed E-state index contributed by atoms with van der Waals surface area (Å²) in [5.74, 6) is 1.27. The van der Waals surface area contributed by atoms with Crippen molar-refractivity contribution < 1.29 is 4.79 Å². The molecule has 1 aliphatic rings. The van der Waals surface area contributed by atoms with E-state index in [0.717, 1.165) is 37.8 Å². The minimum atomic E-state index is 0.0493. The summed E-state index contributed by atoms with van der Waals surface area (Å²) in [6.45, 7) is 2.87. The van der Waals surface area contributed by atoms with E-state index in [1.165, 1.54) is 17.5 Å². The quantitative estimate of drug-likeness (QED) is 0.626. The summed E-state index contributed by atoms with van der Waals surface area (Å²) in [4.78, 5) is 12.0. The highest BCUT2D eigenvalue weighted by Crippen LogP contribution is 2.22. The molecule has 0 fully saturated rings. The van der Waals surface area contributed by atoms with Crippen LogP contribution in [0.2, 0.25) is 0 Å². The molecule has 0 radical (unpaired) electrons. The van der Waals surface area contributed by atoms with E-state index in [2.05, 4.69) is 24.4 Å². The van der Waals surface area contributed by atoms with Gasteiger partial charge in [0.15, 0.2) is 0 Å². The van der Waals surface area contributed by atoms with Gasteiger partial charge in [-0.1, -0.05) is 13.0 Å². The molecule has 1 aromatic rings. The summed E-state index contributed by atoms with van der Waals surface area (Å²) in [6.07, 6.45) is 5.55. The van der Waals surface area contributed by atoms with Crippen LogP contribution in [-0.2, 0) is 12.8 Å². The number of benzene rings is 1. The van der Waals surface area contributed by atoms with Crippen molar-refractivity contribution in [2.24, 2.45) is 5.92 Å². The normalized spacial score (nSPS) is 15.1. The molecule has 3 heteroatoms. The zero-order valence-corrected chi connectivity index (χ0v) is 12.3. The molecule has 1 unspecified atom stereocenters. The van der Waals surface area contributed by atoms with Gasteiger partial charge in [0.2, 0.25) is 0 Å². The summed E-state index contributed by atoms with van der Waals surface area (Å²) < 4.78 is 0. The maximum atomic E-state index is 12.0. The number of carbonyl (C=O) groups excluding carboxylic acids is 1. The number of hydrogen-bond acceptors (Lipinski definition) is 1. The Kier molecular flexibility index (Phi) is 5.26. The van der Waals surface area contributed by atoms with Gasteiger partial charge in [0.1, 0.15) is 0 Å². The monoisotopic (exact) mass is 279 g/mol. The second kappa shape index (κ2) is 6.95. The number of alkyl halides is 1. The molecule has 1 aromatic carbocycles. The van der Waals surface area contributed by atoms with Gasteiger partial charge in [0, 0.05) is 18.0 Å². The van der Waals surface area contributed by atoms with Crippen molar-refractivity contribution in [3.8, 4) is 0 Å². The molecule has 0 saturated carbocycles. The molecule has 0 spiro atoms. The first-order valence-corrected chi connectivity index (χ1v) is 7.70. The van der Waals surface area contributed by atoms with Gasteiger partial charge in [-0.2, -0.15) is 0 Å². The minimum Gasteiger partial charge on any atom is -0.352 e. The molecule has 104 valence electrons. The largest absolute Gasteiger partial charge is 0.352 e. The summed E-state index contributed by atoms with van der Waals surface area (Å²) in [6, 6.07) is 6.10. The zero-order valence-electron chi connectivity index (χ0n) is 11.5. The fourth-order valence-electron chi connectivity index (χ4n) is 2.54. The third kappa shape index (κ3) is 3.97. The van der Waals surface area contributed by atoms with E-state index < -0.39 is 0 Å². The highest BCUT2D eigenvalue weighted by atomic mass is 35.5. The maximum Gasteiger partial charge on any atom is 0.251 e. The summed E-state index contributed by atoms with van der Waals surface area (Å²) in [5, 5.41) is 2.99. The van der Waals surface area contributed by atoms with Crippen LogP contribution in [-0.4, -0.2) is 18.3 Å². The van der Waals surface area contributed by atoms with Gasteiger partial charge in [-0.05, 0) is 61.3 Å². The van der Waals surface area contributed by atoms with Crippen molar-refractivity contribution in [3.05, 3.63) is 34.9 Å². The summed E-state index contributed by atoms with van der Waals surface area (Å²) in [5.41, 5.74) is 3.56. The van der Waals surface area contributed by atoms with E-state index >= 15 is 0 Å². The number of halogens is 1. The molecular formula is C16H22ClNO. The zero-order chi connectivity index (χ0) is 13.7. The third-order valence-corrected chi connectivity index (χ3v) is 4.31. The first kappa shape index (κ1) is 14.4. The van der Waals surface area contributed by atoms with Crippen LogP contribution in [0.5, 0.6) is 0 Å². The van der Waals surface area contributed by atoms with Crippen molar-refractivity contribution in [1.82, 2.24) is 5.32 Å². The third-order valence-electron chi connectivity index (χ3n) is 3.78. The first-order chi connectivity index (χ1) is 9.20. The Hall–Kier alpha value is -1.02. The molecule has 2 rings (SSSR count). The Morgan fingerprint density at radius 2 is 2.16 bits per heavy atom. The van der Waals surface area contributed by atoms with Crippen molar-refractivity contribution >= 4 is 17.5 Å². The van der Waals surface area contributed by atoms with Crippen LogP contribution in [0.15, 0.2) is 18.2 Å². The second-order valence-electron chi connectivity index (χ2n) is 5.49. The van der Waals surface area contributed by atoms with Crippen molar-refractivity contribution in [3.63, 3.8) is 0 Å². The number of aryl methyl sites for hydroxylation is 2. The van der Waals surface area contributed by atoms with Crippen LogP contribution in [0, 0.1) is 5.92 Å². The molecule has 0 saturated heterocycles. The molecule has 0 aliphatic heterocycles. The van der Waals surface area contributed by atoms with Gasteiger partial charge < -0.3 is 5.32 Å². The Balaban J connectivity index is 1.80. The van der Waals surface area contributed by atoms with Gasteiger partial charge in [-0.3, -0.25) is 4.79 Å². The van der Waals surface area contributed by atoms with E-state index in [1.54, 1.807) is 0 Å². The molecule has 0 aromatic heterocycles. The summed E-state index contributed by atoms with van der Waals surface area (Å²) in [7, 11) is 0. The Morgan fingerprint density at radius 1 is 1.37 bits per heavy atom. The van der Waals surface area contributed by atoms with Crippen molar-refractivity contribution in [2.75, 3.05) is 12.4 Å². The fourth-order valence-corrected chi connectivity index (χ4v) is 2.70. The lowest BCUT2D eigenvalue weighted by Crippen LogP contribution is -2.24. The van der Waals surface area contributed by atoms with E-state index in [4.69, 9.17) is 11.6 Å². The lowest BCUT2D eigenvalue weighted by atomic mass is 10.1. The minimum absolute atomic E-state index is 0.0493. The van der Waals surface area contributed by atoms with Crippen molar-refractivity contribution in [1.29, 1.82) is 0 Å². The highest BCUT2D eigenvalue weighted by Gasteiger charge is 2.13. The molecule has 0 bridgehead atoms. The van der Waals surface area contributed by atoms with Crippen LogP contribution in [0.4, 0.5) is 0 Å². The molecule has 1 amide bonds. The van der Waals surface area contributed by atoms with Gasteiger partial charge in [0.25, 0.3) is 5.91 Å². The topological polar surface area (TPSA) is 29.1 Å². The number of carbonyl (C=O) groups is 1. The average Bonchev–Trinajstić information content (AvgIpc) is 2.90. The lowest BCUT2D eigenvalue weighted by molar-refractivity contribution is 0.0952. The van der Waals surface area contributed by atoms with Gasteiger partial charge in [-0.15, -0.1) is 11.6 Å². The van der Waals surface area contributed by atoms with E-state index in [-0.39, 0.29) is 5.91 Å². The molecule has 2 nitrogen and oxygen atoms in total. The molecule has 1 N–H and O–H groups in total. The van der Waals surface area contributed by atoms with Crippen LogP contribution < -0.4 is 5.32 Å². The van der Waals surface area contributed by atoms with E-state index in [1.807, 2.05) is 6.07 Å². The number of amides is 1. The number of fused-ring (bicyclic) bond motifs is 1. The average molecular weight is 280 g/mol. The molecule has 1 aliphatic carbocycles. The van der Waals surface area contributed by atoms with Crippen LogP contribution in [0.3, 0.4) is 0 Å². The maximum absolute atomic E-state index is 12.0. The molecule has 0 heterocycles. The molecular weight excluding hydrogens is 258 g/mol. The Morgan fingerprint density at radius 3 is 2.95 bits per heavy atom. The van der Waals surface area contributed by atoms with Gasteiger partial charge in [-0.25, -0.2) is 0 Å². The first-order valence-electron chi connectivity index (χ1n) is 7.16. The standard InChI is InChI=1S/C16H22ClNO/c1-12(11-17)4-3-9-18-16(19)15-8-7-13-5-2-6-14(13)10-15/h7-8,10,12H,2-6,9,11H2,1H3,(H,18,19). The van der Waals surface area contributed by atoms with Crippen LogP contribution in [0.25, 0.3) is 0 Å². The number of rotatable bonds is 6. The van der Waals surface area contributed by atoms with Crippen molar-refractivity contribution in [2.45, 2.75) is 39.0 Å². The van der Waals surface area contributed by atoms with Gasteiger partial charge in [0.05, 0.1) is 0 Å². The Bertz CT molecular complexity index is 444. The predicted molar refractivity (Wildman–Crippen MR) is 79.9 cm³/mol. The number of nitrogens with one attached hydrogen (secondary N) is 1. The molecule has 1 atom stereocenters. The van der Waals surface area contributed by atoms with E-state index in [9.17, 15) is 4.79 Å². The van der Waals surface area contributed by atoms with Gasteiger partial charge >= 0.3 is 0 Å². The number of hydrogen-bond donors (Lipinski definition) is 1.